The van der Waals surface area contributed by atoms with Gasteiger partial charge in [0.05, 0.1) is 25.6 Å². The lowest BCUT2D eigenvalue weighted by Gasteiger charge is -2.16. The van der Waals surface area contributed by atoms with Crippen LogP contribution in [0.15, 0.2) is 12.7 Å². The Bertz CT molecular complexity index is 729. The van der Waals surface area contributed by atoms with Gasteiger partial charge in [-0.1, -0.05) is 0 Å². The molecule has 1 fully saturated rings. The van der Waals surface area contributed by atoms with E-state index in [1.54, 1.807) is 0 Å². The average molecular weight is 370 g/mol. The van der Waals surface area contributed by atoms with E-state index < -0.39 is 30.6 Å². The van der Waals surface area contributed by atoms with Gasteiger partial charge in [0.1, 0.15) is 24.6 Å². The molecule has 5 atom stereocenters. The highest BCUT2D eigenvalue weighted by molar-refractivity contribution is 5.82. The van der Waals surface area contributed by atoms with Gasteiger partial charge < -0.3 is 35.3 Å². The van der Waals surface area contributed by atoms with E-state index >= 15 is 0 Å². The molecule has 1 aliphatic rings. The molecule has 0 amide bonds. The van der Waals surface area contributed by atoms with Crippen LogP contribution in [-0.4, -0.2) is 91.2 Å². The van der Waals surface area contributed by atoms with Crippen molar-refractivity contribution in [2.75, 3.05) is 32.3 Å². The zero-order valence-corrected chi connectivity index (χ0v) is 14.1. The number of nitrogens with one attached hydrogen (secondary N) is 2. The van der Waals surface area contributed by atoms with Crippen molar-refractivity contribution in [2.24, 2.45) is 0 Å². The average Bonchev–Trinajstić information content (AvgIpc) is 3.19. The third-order valence-corrected chi connectivity index (χ3v) is 4.06. The number of nitrogens with zero attached hydrogens (tertiary/aromatic N) is 4. The molecule has 1 unspecified atom stereocenters. The van der Waals surface area contributed by atoms with Crippen molar-refractivity contribution < 1.29 is 29.9 Å². The van der Waals surface area contributed by atoms with Gasteiger partial charge >= 0.3 is 0 Å². The first-order chi connectivity index (χ1) is 12.6. The summed E-state index contributed by atoms with van der Waals surface area (Å²) in [6.07, 6.45) is -1.99. The summed E-state index contributed by atoms with van der Waals surface area (Å²) in [5, 5.41) is 38.5. The Hall–Kier alpha value is -1.93. The van der Waals surface area contributed by atoms with Crippen molar-refractivity contribution in [1.29, 1.82) is 0 Å². The third kappa shape index (κ3) is 3.61. The summed E-state index contributed by atoms with van der Waals surface area (Å²) in [5.74, 6) is 0.348. The zero-order valence-electron chi connectivity index (χ0n) is 14.1. The second kappa shape index (κ2) is 8.18. The first-order valence-electron chi connectivity index (χ1n) is 8.02. The molecule has 0 spiro atoms. The lowest BCUT2D eigenvalue weighted by atomic mass is 10.1. The molecule has 0 radical (unpaired) electrons. The van der Waals surface area contributed by atoms with E-state index in [1.807, 2.05) is 0 Å². The van der Waals surface area contributed by atoms with Gasteiger partial charge in [-0.15, -0.1) is 0 Å². The first kappa shape index (κ1) is 18.8. The van der Waals surface area contributed by atoms with Gasteiger partial charge in [0.25, 0.3) is 0 Å². The Morgan fingerprint density at radius 1 is 1.31 bits per heavy atom. The minimum Gasteiger partial charge on any atom is -0.394 e. The molecule has 12 nitrogen and oxygen atoms in total. The second-order valence-corrected chi connectivity index (χ2v) is 5.89. The summed E-state index contributed by atoms with van der Waals surface area (Å²) in [6, 6.07) is 0. The predicted molar refractivity (Wildman–Crippen MR) is 87.8 cm³/mol. The van der Waals surface area contributed by atoms with Crippen LogP contribution in [0.1, 0.15) is 6.23 Å². The minimum absolute atomic E-state index is 0.0953. The number of aromatic nitrogens is 4. The Morgan fingerprint density at radius 3 is 2.85 bits per heavy atom. The molecule has 1 saturated heterocycles. The molecule has 12 heteroatoms. The summed E-state index contributed by atoms with van der Waals surface area (Å²) >= 11 is 0. The number of hydrazine groups is 1. The van der Waals surface area contributed by atoms with E-state index in [0.29, 0.717) is 17.0 Å². The summed E-state index contributed by atoms with van der Waals surface area (Å²) < 4.78 is 12.2. The van der Waals surface area contributed by atoms with E-state index in [9.17, 15) is 15.3 Å². The monoisotopic (exact) mass is 370 g/mol. The fourth-order valence-corrected chi connectivity index (χ4v) is 2.71. The molecule has 3 rings (SSSR count). The normalized spacial score (nSPS) is 27.1. The number of anilines is 1. The summed E-state index contributed by atoms with van der Waals surface area (Å²) in [7, 11) is 1.48. The van der Waals surface area contributed by atoms with Crippen LogP contribution >= 0.6 is 0 Å². The molecule has 0 saturated carbocycles. The van der Waals surface area contributed by atoms with E-state index in [4.69, 9.17) is 14.6 Å². The van der Waals surface area contributed by atoms with Crippen LogP contribution in [0, 0.1) is 0 Å². The topological polar surface area (TPSA) is 167 Å². The number of aliphatic hydroxyl groups is 4. The number of hydrogen-bond donors (Lipinski definition) is 6. The third-order valence-electron chi connectivity index (χ3n) is 4.06. The summed E-state index contributed by atoms with van der Waals surface area (Å²) in [4.78, 5) is 12.5. The molecule has 2 aromatic rings. The van der Waals surface area contributed by atoms with Crippen LogP contribution in [0.3, 0.4) is 0 Å². The Morgan fingerprint density at radius 2 is 2.12 bits per heavy atom. The smallest absolute Gasteiger partial charge is 0.171 e. The molecular formula is C14H22N6O6. The SMILES string of the molecule is COC[C@H]1O[C@@H](n2cnc3c(NNCC(O)CO)ncnc32)[C@H](O)[C@@H]1O. The lowest BCUT2D eigenvalue weighted by molar-refractivity contribution is -0.0580. The number of ether oxygens (including phenoxy) is 2. The Balaban J connectivity index is 1.80. The van der Waals surface area contributed by atoms with Crippen molar-refractivity contribution >= 4 is 17.0 Å². The van der Waals surface area contributed by atoms with Crippen LogP contribution in [0.2, 0.25) is 0 Å². The van der Waals surface area contributed by atoms with Gasteiger partial charge in [0.2, 0.25) is 0 Å². The van der Waals surface area contributed by atoms with Crippen LogP contribution in [0.4, 0.5) is 5.82 Å². The van der Waals surface area contributed by atoms with Crippen LogP contribution in [-0.2, 0) is 9.47 Å². The van der Waals surface area contributed by atoms with Gasteiger partial charge in [0.15, 0.2) is 23.2 Å². The molecule has 1 aliphatic heterocycles. The molecule has 0 aliphatic carbocycles. The quantitative estimate of drug-likeness (QED) is 0.269. The lowest BCUT2D eigenvalue weighted by Crippen LogP contribution is -2.33. The molecule has 0 bridgehead atoms. The van der Waals surface area contributed by atoms with Crippen LogP contribution in [0.25, 0.3) is 11.2 Å². The maximum Gasteiger partial charge on any atom is 0.171 e. The number of imidazole rings is 1. The van der Waals surface area contributed by atoms with Crippen molar-refractivity contribution in [3.05, 3.63) is 12.7 Å². The molecule has 144 valence electrons. The molecule has 6 N–H and O–H groups in total. The molecule has 3 heterocycles. The number of aliphatic hydroxyl groups excluding tert-OH is 4. The van der Waals surface area contributed by atoms with Crippen molar-refractivity contribution in [3.63, 3.8) is 0 Å². The minimum atomic E-state index is -1.17. The van der Waals surface area contributed by atoms with Crippen LogP contribution < -0.4 is 10.9 Å². The fraction of sp³-hybridized carbons (Fsp3) is 0.643. The second-order valence-electron chi connectivity index (χ2n) is 5.89. The molecule has 2 aromatic heterocycles. The van der Waals surface area contributed by atoms with Gasteiger partial charge in [-0.05, 0) is 0 Å². The van der Waals surface area contributed by atoms with Crippen LogP contribution in [0.5, 0.6) is 0 Å². The Kier molecular flexibility index (Phi) is 5.93. The van der Waals surface area contributed by atoms with Gasteiger partial charge in [-0.25, -0.2) is 20.4 Å². The predicted octanol–water partition coefficient (Wildman–Crippen LogP) is -2.64. The molecular weight excluding hydrogens is 348 g/mol. The van der Waals surface area contributed by atoms with E-state index in [1.165, 1.54) is 24.3 Å². The van der Waals surface area contributed by atoms with Gasteiger partial charge in [-0.3, -0.25) is 4.57 Å². The van der Waals surface area contributed by atoms with Gasteiger partial charge in [-0.2, -0.15) is 0 Å². The van der Waals surface area contributed by atoms with Crippen molar-refractivity contribution in [2.45, 2.75) is 30.6 Å². The zero-order chi connectivity index (χ0) is 18.7. The number of methoxy groups -OCH3 is 1. The number of hydrogen-bond acceptors (Lipinski definition) is 11. The maximum atomic E-state index is 10.3. The molecule has 0 aromatic carbocycles. The van der Waals surface area contributed by atoms with E-state index in [-0.39, 0.29) is 19.8 Å². The van der Waals surface area contributed by atoms with Gasteiger partial charge in [0, 0.05) is 13.7 Å². The highest BCUT2D eigenvalue weighted by Crippen LogP contribution is 2.32. The number of rotatable bonds is 8. The Labute approximate surface area is 148 Å². The standard InChI is InChI=1S/C14H22N6O6/c1-25-4-8-10(23)11(24)14(26-8)20-6-17-9-12(15-5-16-13(9)20)19-18-2-7(22)3-21/h5-8,10-11,14,18,21-24H,2-4H2,1H3,(H,15,16,19)/t7?,8-,10-,11-,14-/m1/s1. The maximum absolute atomic E-state index is 10.3. The first-order valence-corrected chi connectivity index (χ1v) is 8.02. The largest absolute Gasteiger partial charge is 0.394 e. The van der Waals surface area contributed by atoms with E-state index in [2.05, 4.69) is 25.8 Å². The fourth-order valence-electron chi connectivity index (χ4n) is 2.71. The molecule has 26 heavy (non-hydrogen) atoms. The number of fused-ring (bicyclic) bond motifs is 1. The summed E-state index contributed by atoms with van der Waals surface area (Å²) in [6.45, 7) is -0.136. The highest BCUT2D eigenvalue weighted by atomic mass is 16.6. The highest BCUT2D eigenvalue weighted by Gasteiger charge is 2.44. The van der Waals surface area contributed by atoms with Crippen molar-refractivity contribution in [3.8, 4) is 0 Å². The van der Waals surface area contributed by atoms with E-state index in [0.717, 1.165) is 0 Å². The summed E-state index contributed by atoms with van der Waals surface area (Å²) in [5.41, 5.74) is 6.30. The van der Waals surface area contributed by atoms with Crippen molar-refractivity contribution in [1.82, 2.24) is 24.9 Å².